The summed E-state index contributed by atoms with van der Waals surface area (Å²) in [4.78, 5) is 23.5. The van der Waals surface area contributed by atoms with Crippen molar-refractivity contribution in [2.45, 2.75) is 30.6 Å². The average molecular weight is 415 g/mol. The summed E-state index contributed by atoms with van der Waals surface area (Å²) in [6, 6.07) is 3.92. The Morgan fingerprint density at radius 2 is 1.89 bits per heavy atom. The first-order valence-electron chi connectivity index (χ1n) is 8.70. The van der Waals surface area contributed by atoms with Crippen molar-refractivity contribution < 1.29 is 22.7 Å². The largest absolute Gasteiger partial charge is 0.452 e. The normalized spacial score (nSPS) is 15.6. The summed E-state index contributed by atoms with van der Waals surface area (Å²) in [7, 11) is -3.81. The lowest BCUT2D eigenvalue weighted by molar-refractivity contribution is -0.124. The van der Waals surface area contributed by atoms with Crippen molar-refractivity contribution in [3.8, 4) is 0 Å². The molecule has 0 bridgehead atoms. The van der Waals surface area contributed by atoms with Crippen LogP contribution in [0.1, 0.15) is 36.0 Å². The maximum Gasteiger partial charge on any atom is 0.338 e. The number of ether oxygens (including phenoxy) is 1. The molecule has 1 aromatic rings. The lowest BCUT2D eigenvalue weighted by atomic mass is 10.2. The highest BCUT2D eigenvalue weighted by molar-refractivity contribution is 7.89. The lowest BCUT2D eigenvalue weighted by Gasteiger charge is -2.21. The van der Waals surface area contributed by atoms with Gasteiger partial charge in [0.1, 0.15) is 4.90 Å². The molecule has 0 saturated carbocycles. The van der Waals surface area contributed by atoms with Crippen molar-refractivity contribution in [3.63, 3.8) is 0 Å². The Morgan fingerprint density at radius 1 is 1.22 bits per heavy atom. The van der Waals surface area contributed by atoms with Gasteiger partial charge in [0, 0.05) is 19.6 Å². The van der Waals surface area contributed by atoms with E-state index in [4.69, 9.17) is 16.3 Å². The van der Waals surface area contributed by atoms with Crippen molar-refractivity contribution in [1.29, 1.82) is 0 Å². The first kappa shape index (κ1) is 21.4. The molecule has 7 nitrogen and oxygen atoms in total. The number of rotatable bonds is 7. The van der Waals surface area contributed by atoms with E-state index < -0.39 is 28.5 Å². The maximum atomic E-state index is 12.9. The van der Waals surface area contributed by atoms with Crippen LogP contribution in [0, 0.1) is 0 Å². The molecule has 1 N–H and O–H groups in total. The molecule has 27 heavy (non-hydrogen) atoms. The molecule has 1 amide bonds. The average Bonchev–Trinajstić information content (AvgIpc) is 2.94. The summed E-state index contributed by atoms with van der Waals surface area (Å²) >= 11 is 6.10. The number of esters is 1. The molecule has 9 heteroatoms. The molecule has 1 heterocycles. The van der Waals surface area contributed by atoms with E-state index in [0.29, 0.717) is 13.1 Å². The Kier molecular flexibility index (Phi) is 7.82. The summed E-state index contributed by atoms with van der Waals surface area (Å²) in [5.41, 5.74) is 0.0179. The van der Waals surface area contributed by atoms with Crippen LogP contribution in [0.5, 0.6) is 0 Å². The Balaban J connectivity index is 2.16. The minimum Gasteiger partial charge on any atom is -0.452 e. The van der Waals surface area contributed by atoms with E-state index in [2.05, 4.69) is 11.9 Å². The molecule has 0 spiro atoms. The SMILES string of the molecule is C=CCNC(=O)COC(=O)c1ccc(Cl)c(S(=O)(=O)N2CCCCCC2)c1. The van der Waals surface area contributed by atoms with Gasteiger partial charge in [0.15, 0.2) is 6.61 Å². The van der Waals surface area contributed by atoms with E-state index in [1.54, 1.807) is 0 Å². The molecular formula is C18H23ClN2O5S. The number of benzene rings is 1. The van der Waals surface area contributed by atoms with Gasteiger partial charge in [-0.05, 0) is 31.0 Å². The van der Waals surface area contributed by atoms with Crippen LogP contribution in [0.15, 0.2) is 35.7 Å². The fourth-order valence-electron chi connectivity index (χ4n) is 2.70. The first-order chi connectivity index (χ1) is 12.9. The van der Waals surface area contributed by atoms with Crippen LogP contribution in [0.4, 0.5) is 0 Å². The van der Waals surface area contributed by atoms with Crippen molar-refractivity contribution in [1.82, 2.24) is 9.62 Å². The van der Waals surface area contributed by atoms with E-state index in [1.807, 2.05) is 0 Å². The monoisotopic (exact) mass is 414 g/mol. The van der Waals surface area contributed by atoms with Crippen molar-refractivity contribution in [2.24, 2.45) is 0 Å². The van der Waals surface area contributed by atoms with Gasteiger partial charge >= 0.3 is 5.97 Å². The topological polar surface area (TPSA) is 92.8 Å². The molecule has 0 aromatic heterocycles. The maximum absolute atomic E-state index is 12.9. The summed E-state index contributed by atoms with van der Waals surface area (Å²) < 4.78 is 32.2. The standard InChI is InChI=1S/C18H23ClN2O5S/c1-2-9-20-17(22)13-26-18(23)14-7-8-15(19)16(12-14)27(24,25)21-10-5-3-4-6-11-21/h2,7-8,12H,1,3-6,9-11,13H2,(H,20,22). The van der Waals surface area contributed by atoms with Crippen molar-refractivity contribution in [3.05, 3.63) is 41.4 Å². The number of nitrogens with zero attached hydrogens (tertiary/aromatic N) is 1. The molecule has 148 valence electrons. The van der Waals surface area contributed by atoms with Crippen LogP contribution in [0.25, 0.3) is 0 Å². The smallest absolute Gasteiger partial charge is 0.338 e. The second kappa shape index (κ2) is 9.87. The predicted molar refractivity (Wildman–Crippen MR) is 102 cm³/mol. The number of hydrogen-bond donors (Lipinski definition) is 1. The zero-order chi connectivity index (χ0) is 19.9. The summed E-state index contributed by atoms with van der Waals surface area (Å²) in [6.07, 6.45) is 5.05. The summed E-state index contributed by atoms with van der Waals surface area (Å²) in [5, 5.41) is 2.52. The summed E-state index contributed by atoms with van der Waals surface area (Å²) in [6.45, 7) is 4.11. The van der Waals surface area contributed by atoms with Crippen LogP contribution in [-0.4, -0.2) is 50.8 Å². The highest BCUT2D eigenvalue weighted by Crippen LogP contribution is 2.27. The molecular weight excluding hydrogens is 392 g/mol. The quantitative estimate of drug-likeness (QED) is 0.546. The highest BCUT2D eigenvalue weighted by Gasteiger charge is 2.28. The van der Waals surface area contributed by atoms with E-state index in [0.717, 1.165) is 25.7 Å². The number of hydrogen-bond acceptors (Lipinski definition) is 5. The molecule has 0 radical (unpaired) electrons. The van der Waals surface area contributed by atoms with E-state index in [1.165, 1.54) is 28.6 Å². The fraction of sp³-hybridized carbons (Fsp3) is 0.444. The van der Waals surface area contributed by atoms with Gasteiger partial charge < -0.3 is 10.1 Å². The molecule has 1 fully saturated rings. The molecule has 1 aromatic carbocycles. The van der Waals surface area contributed by atoms with Crippen LogP contribution < -0.4 is 5.32 Å². The highest BCUT2D eigenvalue weighted by atomic mass is 35.5. The molecule has 0 unspecified atom stereocenters. The zero-order valence-electron chi connectivity index (χ0n) is 14.9. The minimum absolute atomic E-state index is 0.0179. The minimum atomic E-state index is -3.81. The van der Waals surface area contributed by atoms with Crippen LogP contribution in [0.3, 0.4) is 0 Å². The van der Waals surface area contributed by atoms with E-state index in [9.17, 15) is 18.0 Å². The third-order valence-corrected chi connectivity index (χ3v) is 6.51. The Hall–Kier alpha value is -1.90. The third kappa shape index (κ3) is 5.79. The van der Waals surface area contributed by atoms with Gasteiger partial charge in [-0.1, -0.05) is 30.5 Å². The van der Waals surface area contributed by atoms with Crippen molar-refractivity contribution in [2.75, 3.05) is 26.2 Å². The van der Waals surface area contributed by atoms with E-state index >= 15 is 0 Å². The van der Waals surface area contributed by atoms with Gasteiger partial charge in [0.2, 0.25) is 10.0 Å². The number of amides is 1. The second-order valence-electron chi connectivity index (χ2n) is 6.13. The predicted octanol–water partition coefficient (Wildman–Crippen LogP) is 2.36. The van der Waals surface area contributed by atoms with Crippen LogP contribution >= 0.6 is 11.6 Å². The number of carbonyl (C=O) groups excluding carboxylic acids is 2. The van der Waals surface area contributed by atoms with Crippen molar-refractivity contribution >= 4 is 33.5 Å². The van der Waals surface area contributed by atoms with E-state index in [-0.39, 0.29) is 22.0 Å². The Morgan fingerprint density at radius 3 is 2.52 bits per heavy atom. The number of carbonyl (C=O) groups is 2. The number of halogens is 1. The molecule has 1 aliphatic heterocycles. The first-order valence-corrected chi connectivity index (χ1v) is 10.5. The molecule has 1 saturated heterocycles. The van der Waals surface area contributed by atoms with Crippen LogP contribution in [0.2, 0.25) is 5.02 Å². The number of sulfonamides is 1. The van der Waals surface area contributed by atoms with Gasteiger partial charge in [-0.3, -0.25) is 4.79 Å². The van der Waals surface area contributed by atoms with Gasteiger partial charge in [0.05, 0.1) is 10.6 Å². The fourth-order valence-corrected chi connectivity index (χ4v) is 4.72. The molecule has 0 atom stereocenters. The van der Waals surface area contributed by atoms with Gasteiger partial charge in [-0.2, -0.15) is 4.31 Å². The molecule has 1 aliphatic rings. The third-order valence-electron chi connectivity index (χ3n) is 4.13. The summed E-state index contributed by atoms with van der Waals surface area (Å²) in [5.74, 6) is -1.28. The lowest BCUT2D eigenvalue weighted by Crippen LogP contribution is -2.32. The van der Waals surface area contributed by atoms with Gasteiger partial charge in [-0.15, -0.1) is 6.58 Å². The van der Waals surface area contributed by atoms with Crippen LogP contribution in [-0.2, 0) is 19.6 Å². The number of nitrogens with one attached hydrogen (secondary N) is 1. The molecule has 0 aliphatic carbocycles. The zero-order valence-corrected chi connectivity index (χ0v) is 16.5. The Labute approximate surface area is 164 Å². The molecule has 2 rings (SSSR count). The second-order valence-corrected chi connectivity index (χ2v) is 8.45. The Bertz CT molecular complexity index is 802. The van der Waals surface area contributed by atoms with Gasteiger partial charge in [-0.25, -0.2) is 13.2 Å². The van der Waals surface area contributed by atoms with Gasteiger partial charge in [0.25, 0.3) is 5.91 Å².